The molecule has 0 saturated carbocycles. The van der Waals surface area contributed by atoms with Crippen molar-refractivity contribution in [3.8, 4) is 0 Å². The van der Waals surface area contributed by atoms with Gasteiger partial charge in [-0.05, 0) is 30.3 Å². The summed E-state index contributed by atoms with van der Waals surface area (Å²) in [5.41, 5.74) is 3.24. The summed E-state index contributed by atoms with van der Waals surface area (Å²) in [6.45, 7) is 2.50. The first-order valence-electron chi connectivity index (χ1n) is 10.8. The maximum Gasteiger partial charge on any atom is 0.324 e. The lowest BCUT2D eigenvalue weighted by atomic mass is 9.93. The number of carbonyl (C=O) groups excluding carboxylic acids is 2. The Morgan fingerprint density at radius 3 is 1.84 bits per heavy atom. The van der Waals surface area contributed by atoms with E-state index in [0.29, 0.717) is 6.54 Å². The highest BCUT2D eigenvalue weighted by Gasteiger charge is 2.30. The summed E-state index contributed by atoms with van der Waals surface area (Å²) in [7, 11) is 3.40. The molecule has 1 fully saturated rings. The first-order valence-corrected chi connectivity index (χ1v) is 10.8. The van der Waals surface area contributed by atoms with E-state index in [-0.39, 0.29) is 17.9 Å². The summed E-state index contributed by atoms with van der Waals surface area (Å²) >= 11 is 0. The molecule has 0 radical (unpaired) electrons. The standard InChI is InChI=1S/C14H12O.C13H18N2O2/c15-11-14(12-7-3-1-4-8-12)13-9-5-2-6-10-13;1-14-8-9-15(10-12(14)13(16)17-2)11-6-4-3-5-7-11/h1-11,14H;3-7,12H,8-10H2,1-2H3. The Bertz CT molecular complexity index is 924. The molecule has 3 aromatic rings. The highest BCUT2D eigenvalue weighted by atomic mass is 16.5. The van der Waals surface area contributed by atoms with Gasteiger partial charge < -0.3 is 14.4 Å². The third-order valence-corrected chi connectivity index (χ3v) is 5.70. The van der Waals surface area contributed by atoms with Gasteiger partial charge in [0.1, 0.15) is 12.3 Å². The highest BCUT2D eigenvalue weighted by molar-refractivity contribution is 5.77. The Morgan fingerprint density at radius 1 is 0.875 bits per heavy atom. The zero-order valence-electron chi connectivity index (χ0n) is 18.6. The Morgan fingerprint density at radius 2 is 1.38 bits per heavy atom. The maximum absolute atomic E-state index is 11.7. The van der Waals surface area contributed by atoms with Crippen LogP contribution >= 0.6 is 0 Å². The minimum atomic E-state index is -0.172. The first kappa shape index (κ1) is 23.2. The topological polar surface area (TPSA) is 49.9 Å². The molecule has 0 amide bonds. The molecule has 166 valence electrons. The van der Waals surface area contributed by atoms with Gasteiger partial charge in [-0.15, -0.1) is 0 Å². The molecule has 1 saturated heterocycles. The van der Waals surface area contributed by atoms with E-state index in [4.69, 9.17) is 4.74 Å². The lowest BCUT2D eigenvalue weighted by Crippen LogP contribution is -2.55. The fourth-order valence-corrected chi connectivity index (χ4v) is 3.81. The van der Waals surface area contributed by atoms with Crippen molar-refractivity contribution in [2.45, 2.75) is 12.0 Å². The van der Waals surface area contributed by atoms with Crippen molar-refractivity contribution in [2.24, 2.45) is 0 Å². The van der Waals surface area contributed by atoms with Crippen LogP contribution in [0.25, 0.3) is 0 Å². The largest absolute Gasteiger partial charge is 0.468 e. The van der Waals surface area contributed by atoms with Crippen LogP contribution in [0.3, 0.4) is 0 Å². The molecule has 5 heteroatoms. The number of rotatable bonds is 5. The SMILES string of the molecule is COC(=O)C1CN(c2ccccc2)CCN1C.O=CC(c1ccccc1)c1ccccc1. The molecule has 0 bridgehead atoms. The van der Waals surface area contributed by atoms with Crippen molar-refractivity contribution in [1.29, 1.82) is 0 Å². The summed E-state index contributed by atoms with van der Waals surface area (Å²) in [5, 5.41) is 0. The molecule has 0 N–H and O–H groups in total. The molecule has 4 rings (SSSR count). The van der Waals surface area contributed by atoms with Crippen LogP contribution in [0, 0.1) is 0 Å². The predicted molar refractivity (Wildman–Crippen MR) is 128 cm³/mol. The molecule has 5 nitrogen and oxygen atoms in total. The number of para-hydroxylation sites is 1. The smallest absolute Gasteiger partial charge is 0.324 e. The number of nitrogens with zero attached hydrogens (tertiary/aromatic N) is 2. The fraction of sp³-hybridized carbons (Fsp3) is 0.259. The average molecular weight is 431 g/mol. The van der Waals surface area contributed by atoms with Gasteiger partial charge in [-0.1, -0.05) is 78.9 Å². The van der Waals surface area contributed by atoms with Gasteiger partial charge in [-0.2, -0.15) is 0 Å². The van der Waals surface area contributed by atoms with Crippen LogP contribution in [0.4, 0.5) is 5.69 Å². The van der Waals surface area contributed by atoms with Crippen LogP contribution in [0.2, 0.25) is 0 Å². The Balaban J connectivity index is 0.000000182. The minimum absolute atomic E-state index is 0.146. The van der Waals surface area contributed by atoms with Crippen molar-refractivity contribution in [1.82, 2.24) is 4.90 Å². The van der Waals surface area contributed by atoms with Gasteiger partial charge >= 0.3 is 5.97 Å². The second kappa shape index (κ2) is 11.8. The summed E-state index contributed by atoms with van der Waals surface area (Å²) in [4.78, 5) is 27.0. The van der Waals surface area contributed by atoms with Crippen LogP contribution in [0.1, 0.15) is 17.0 Å². The molecule has 1 heterocycles. The van der Waals surface area contributed by atoms with E-state index in [2.05, 4.69) is 17.0 Å². The predicted octanol–water partition coefficient (Wildman–Crippen LogP) is 4.00. The lowest BCUT2D eigenvalue weighted by molar-refractivity contribution is -0.146. The summed E-state index contributed by atoms with van der Waals surface area (Å²) in [5.74, 6) is -0.305. The van der Waals surface area contributed by atoms with Crippen molar-refractivity contribution >= 4 is 17.9 Å². The van der Waals surface area contributed by atoms with Crippen molar-refractivity contribution in [3.63, 3.8) is 0 Å². The van der Waals surface area contributed by atoms with Gasteiger partial charge in [0.2, 0.25) is 0 Å². The molecule has 0 aliphatic carbocycles. The molecule has 0 aromatic heterocycles. The van der Waals surface area contributed by atoms with E-state index in [1.54, 1.807) is 0 Å². The second-order valence-corrected chi connectivity index (χ2v) is 7.74. The normalized spacial score (nSPS) is 16.1. The molecular weight excluding hydrogens is 400 g/mol. The van der Waals surface area contributed by atoms with Crippen LogP contribution < -0.4 is 4.90 Å². The van der Waals surface area contributed by atoms with Gasteiger partial charge in [0.15, 0.2) is 0 Å². The zero-order valence-corrected chi connectivity index (χ0v) is 18.6. The van der Waals surface area contributed by atoms with E-state index in [0.717, 1.165) is 36.2 Å². The summed E-state index contributed by atoms with van der Waals surface area (Å²) < 4.78 is 4.84. The molecule has 1 aliphatic rings. The number of anilines is 1. The molecule has 0 spiro atoms. The van der Waals surface area contributed by atoms with Crippen LogP contribution in [0.5, 0.6) is 0 Å². The number of benzene rings is 3. The van der Waals surface area contributed by atoms with Crippen molar-refractivity contribution < 1.29 is 14.3 Å². The van der Waals surface area contributed by atoms with Gasteiger partial charge in [-0.25, -0.2) is 0 Å². The van der Waals surface area contributed by atoms with E-state index in [9.17, 15) is 9.59 Å². The number of ether oxygens (including phenoxy) is 1. The third-order valence-electron chi connectivity index (χ3n) is 5.70. The quantitative estimate of drug-likeness (QED) is 0.452. The first-order chi connectivity index (χ1) is 15.6. The van der Waals surface area contributed by atoms with Crippen LogP contribution in [0.15, 0.2) is 91.0 Å². The number of aldehydes is 1. The number of methoxy groups -OCH3 is 1. The van der Waals surface area contributed by atoms with E-state index in [1.165, 1.54) is 7.11 Å². The number of piperazine rings is 1. The molecule has 1 unspecified atom stereocenters. The fourth-order valence-electron chi connectivity index (χ4n) is 3.81. The van der Waals surface area contributed by atoms with Crippen LogP contribution in [-0.4, -0.2) is 57.0 Å². The van der Waals surface area contributed by atoms with E-state index >= 15 is 0 Å². The monoisotopic (exact) mass is 430 g/mol. The Kier molecular flexibility index (Phi) is 8.58. The summed E-state index contributed by atoms with van der Waals surface area (Å²) in [6.07, 6.45) is 0.991. The minimum Gasteiger partial charge on any atom is -0.468 e. The molecule has 3 aromatic carbocycles. The Hall–Kier alpha value is -3.44. The number of esters is 1. The molecule has 1 atom stereocenters. The summed E-state index contributed by atoms with van der Waals surface area (Å²) in [6, 6.07) is 29.6. The van der Waals surface area contributed by atoms with Gasteiger partial charge in [-0.3, -0.25) is 9.69 Å². The van der Waals surface area contributed by atoms with Crippen LogP contribution in [-0.2, 0) is 14.3 Å². The number of hydrogen-bond donors (Lipinski definition) is 0. The van der Waals surface area contributed by atoms with Gasteiger partial charge in [0, 0.05) is 25.3 Å². The maximum atomic E-state index is 11.7. The molecule has 1 aliphatic heterocycles. The second-order valence-electron chi connectivity index (χ2n) is 7.74. The van der Waals surface area contributed by atoms with Crippen molar-refractivity contribution in [2.75, 3.05) is 38.7 Å². The average Bonchev–Trinajstić information content (AvgIpc) is 2.86. The van der Waals surface area contributed by atoms with Crippen molar-refractivity contribution in [3.05, 3.63) is 102 Å². The zero-order chi connectivity index (χ0) is 22.8. The van der Waals surface area contributed by atoms with Gasteiger partial charge in [0.05, 0.1) is 13.0 Å². The number of hydrogen-bond acceptors (Lipinski definition) is 5. The molecular formula is C27H30N2O3. The van der Waals surface area contributed by atoms with Gasteiger partial charge in [0.25, 0.3) is 0 Å². The van der Waals surface area contributed by atoms with E-state index < -0.39 is 0 Å². The lowest BCUT2D eigenvalue weighted by Gasteiger charge is -2.39. The number of carbonyl (C=O) groups is 2. The third kappa shape index (κ3) is 6.05. The number of likely N-dealkylation sites (N-methyl/N-ethyl adjacent to an activating group) is 1. The molecule has 32 heavy (non-hydrogen) atoms. The highest BCUT2D eigenvalue weighted by Crippen LogP contribution is 2.22. The van der Waals surface area contributed by atoms with E-state index in [1.807, 2.05) is 90.8 Å². The Labute approximate surface area is 190 Å².